The van der Waals surface area contributed by atoms with Gasteiger partial charge in [0.15, 0.2) is 0 Å². The Hall–Kier alpha value is -2.14. The Morgan fingerprint density at radius 3 is 2.21 bits per heavy atom. The van der Waals surface area contributed by atoms with E-state index in [1.165, 1.54) is 32.8 Å². The van der Waals surface area contributed by atoms with Crippen molar-refractivity contribution in [3.05, 3.63) is 35.5 Å². The first kappa shape index (κ1) is 23.1. The van der Waals surface area contributed by atoms with E-state index in [9.17, 15) is 9.59 Å². The van der Waals surface area contributed by atoms with Crippen LogP contribution in [0.25, 0.3) is 10.9 Å². The van der Waals surface area contributed by atoms with Gasteiger partial charge in [-0.3, -0.25) is 14.6 Å². The Labute approximate surface area is 178 Å². The summed E-state index contributed by atoms with van der Waals surface area (Å²) in [5.74, 6) is -0.0754. The van der Waals surface area contributed by atoms with Gasteiger partial charge in [0.25, 0.3) is 0 Å². The highest BCUT2D eigenvalue weighted by Crippen LogP contribution is 2.24. The normalized spacial score (nSPS) is 10.8. The molecule has 2 rings (SSSR count). The molecule has 0 bridgehead atoms. The van der Waals surface area contributed by atoms with Gasteiger partial charge in [0, 0.05) is 29.4 Å². The summed E-state index contributed by atoms with van der Waals surface area (Å²) >= 11 is 6.00. The van der Waals surface area contributed by atoms with Gasteiger partial charge in [-0.25, -0.2) is 0 Å². The fourth-order valence-electron chi connectivity index (χ4n) is 3.34. The van der Waals surface area contributed by atoms with Crippen molar-refractivity contribution in [2.75, 3.05) is 12.4 Å². The second-order valence-electron chi connectivity index (χ2n) is 7.33. The predicted molar refractivity (Wildman–Crippen MR) is 118 cm³/mol. The smallest absolute Gasteiger partial charge is 0.305 e. The average Bonchev–Trinajstić information content (AvgIpc) is 2.71. The molecule has 0 unspecified atom stereocenters. The zero-order valence-electron chi connectivity index (χ0n) is 17.2. The molecule has 0 aliphatic carbocycles. The van der Waals surface area contributed by atoms with Crippen molar-refractivity contribution >= 4 is 40.1 Å². The van der Waals surface area contributed by atoms with E-state index in [2.05, 4.69) is 15.0 Å². The zero-order chi connectivity index (χ0) is 20.9. The summed E-state index contributed by atoms with van der Waals surface area (Å²) in [6.07, 6.45) is 12.7. The number of nitrogens with zero attached hydrogens (tertiary/aromatic N) is 1. The van der Waals surface area contributed by atoms with Gasteiger partial charge in [-0.1, -0.05) is 56.5 Å². The highest BCUT2D eigenvalue weighted by Gasteiger charge is 2.07. The van der Waals surface area contributed by atoms with Crippen LogP contribution in [0.5, 0.6) is 0 Å². The molecule has 0 saturated carbocycles. The van der Waals surface area contributed by atoms with Gasteiger partial charge in [0.2, 0.25) is 5.91 Å². The number of aromatic nitrogens is 1. The van der Waals surface area contributed by atoms with E-state index >= 15 is 0 Å². The number of rotatable bonds is 13. The number of nitrogens with one attached hydrogen (secondary N) is 1. The lowest BCUT2D eigenvalue weighted by molar-refractivity contribution is -0.140. The Kier molecular flexibility index (Phi) is 10.5. The first-order chi connectivity index (χ1) is 14.1. The molecule has 1 aromatic heterocycles. The molecule has 0 radical (unpaired) electrons. The summed E-state index contributed by atoms with van der Waals surface area (Å²) in [5.41, 5.74) is 1.56. The molecule has 1 N–H and O–H groups in total. The minimum atomic E-state index is -0.115. The van der Waals surface area contributed by atoms with Crippen molar-refractivity contribution in [3.8, 4) is 0 Å². The molecule has 158 valence electrons. The second kappa shape index (κ2) is 13.2. The van der Waals surface area contributed by atoms with Gasteiger partial charge in [0.1, 0.15) is 0 Å². The predicted octanol–water partition coefficient (Wildman–Crippen LogP) is 6.29. The van der Waals surface area contributed by atoms with E-state index in [-0.39, 0.29) is 11.9 Å². The third-order valence-corrected chi connectivity index (χ3v) is 5.23. The number of halogens is 1. The van der Waals surface area contributed by atoms with E-state index in [4.69, 9.17) is 11.6 Å². The van der Waals surface area contributed by atoms with Crippen molar-refractivity contribution in [2.24, 2.45) is 0 Å². The Balaban J connectivity index is 1.53. The molecule has 5 nitrogen and oxygen atoms in total. The minimum absolute atomic E-state index is 0.0399. The molecular formula is C23H31ClN2O3. The monoisotopic (exact) mass is 418 g/mol. The second-order valence-corrected chi connectivity index (χ2v) is 7.76. The van der Waals surface area contributed by atoms with E-state index in [0.29, 0.717) is 17.9 Å². The first-order valence-electron chi connectivity index (χ1n) is 10.5. The highest BCUT2D eigenvalue weighted by atomic mass is 35.5. The molecule has 0 aliphatic rings. The van der Waals surface area contributed by atoms with Gasteiger partial charge in [-0.05, 0) is 37.1 Å². The number of carbonyl (C=O) groups excluding carboxylic acids is 2. The van der Waals surface area contributed by atoms with Crippen LogP contribution in [-0.4, -0.2) is 24.0 Å². The van der Waals surface area contributed by atoms with Crippen LogP contribution in [0.2, 0.25) is 5.02 Å². The number of hydrogen-bond donors (Lipinski definition) is 1. The van der Waals surface area contributed by atoms with Crippen LogP contribution in [0.4, 0.5) is 5.69 Å². The fraction of sp³-hybridized carbons (Fsp3) is 0.522. The van der Waals surface area contributed by atoms with Crippen molar-refractivity contribution in [3.63, 3.8) is 0 Å². The molecule has 0 saturated heterocycles. The number of anilines is 1. The molecule has 6 heteroatoms. The van der Waals surface area contributed by atoms with Crippen LogP contribution in [0, 0.1) is 0 Å². The number of fused-ring (bicyclic) bond motifs is 1. The van der Waals surface area contributed by atoms with E-state index < -0.39 is 0 Å². The number of unbranched alkanes of at least 4 members (excludes halogenated alkanes) is 8. The molecule has 1 heterocycles. The molecule has 1 amide bonds. The highest BCUT2D eigenvalue weighted by molar-refractivity contribution is 6.31. The Morgan fingerprint density at radius 1 is 0.931 bits per heavy atom. The molecule has 29 heavy (non-hydrogen) atoms. The summed E-state index contributed by atoms with van der Waals surface area (Å²) in [4.78, 5) is 27.5. The first-order valence-corrected chi connectivity index (χ1v) is 10.9. The standard InChI is InChI=1S/C23H31ClN2O3/c1-29-23(28)12-10-8-6-4-2-3-5-7-9-11-22(27)26-20-15-16-25-21-17-18(24)13-14-19(20)21/h13-17H,2-12H2,1H3,(H,25,26,27). The topological polar surface area (TPSA) is 68.3 Å². The number of carbonyl (C=O) groups is 2. The quantitative estimate of drug-likeness (QED) is 0.306. The summed E-state index contributed by atoms with van der Waals surface area (Å²) in [5, 5.41) is 4.53. The number of amides is 1. The van der Waals surface area contributed by atoms with Crippen molar-refractivity contribution in [1.29, 1.82) is 0 Å². The SMILES string of the molecule is COC(=O)CCCCCCCCCCCC(=O)Nc1ccnc2cc(Cl)ccc12. The van der Waals surface area contributed by atoms with E-state index in [1.807, 2.05) is 12.1 Å². The maximum Gasteiger partial charge on any atom is 0.305 e. The lowest BCUT2D eigenvalue weighted by atomic mass is 10.1. The fourth-order valence-corrected chi connectivity index (χ4v) is 3.50. The number of esters is 1. The van der Waals surface area contributed by atoms with Crippen LogP contribution in [0.1, 0.15) is 70.6 Å². The van der Waals surface area contributed by atoms with E-state index in [0.717, 1.165) is 48.7 Å². The minimum Gasteiger partial charge on any atom is -0.469 e. The Morgan fingerprint density at radius 2 is 1.55 bits per heavy atom. The van der Waals surface area contributed by atoms with Gasteiger partial charge >= 0.3 is 5.97 Å². The van der Waals surface area contributed by atoms with Crippen molar-refractivity contribution in [2.45, 2.75) is 70.6 Å². The summed E-state index contributed by atoms with van der Waals surface area (Å²) in [7, 11) is 1.43. The number of benzene rings is 1. The molecule has 1 aromatic carbocycles. The summed E-state index contributed by atoms with van der Waals surface area (Å²) in [6.45, 7) is 0. The van der Waals surface area contributed by atoms with Crippen LogP contribution in [0.15, 0.2) is 30.5 Å². The molecular weight excluding hydrogens is 388 g/mol. The van der Waals surface area contributed by atoms with Crippen LogP contribution in [0.3, 0.4) is 0 Å². The van der Waals surface area contributed by atoms with Crippen LogP contribution in [-0.2, 0) is 14.3 Å². The van der Waals surface area contributed by atoms with Crippen LogP contribution < -0.4 is 5.32 Å². The lowest BCUT2D eigenvalue weighted by Crippen LogP contribution is -2.11. The third kappa shape index (κ3) is 8.82. The zero-order valence-corrected chi connectivity index (χ0v) is 18.0. The van der Waals surface area contributed by atoms with Crippen molar-refractivity contribution < 1.29 is 14.3 Å². The van der Waals surface area contributed by atoms with Crippen LogP contribution >= 0.6 is 11.6 Å². The van der Waals surface area contributed by atoms with E-state index in [1.54, 1.807) is 18.3 Å². The van der Waals surface area contributed by atoms with Gasteiger partial charge in [0.05, 0.1) is 18.3 Å². The number of hydrogen-bond acceptors (Lipinski definition) is 4. The molecule has 2 aromatic rings. The Bertz CT molecular complexity index is 795. The number of methoxy groups -OCH3 is 1. The number of ether oxygens (including phenoxy) is 1. The summed E-state index contributed by atoms with van der Waals surface area (Å²) < 4.78 is 4.63. The van der Waals surface area contributed by atoms with Gasteiger partial charge in [-0.2, -0.15) is 0 Å². The lowest BCUT2D eigenvalue weighted by Gasteiger charge is -2.08. The third-order valence-electron chi connectivity index (χ3n) is 4.99. The van der Waals surface area contributed by atoms with Crippen molar-refractivity contribution in [1.82, 2.24) is 4.98 Å². The molecule has 0 atom stereocenters. The summed E-state index contributed by atoms with van der Waals surface area (Å²) in [6, 6.07) is 7.31. The van der Waals surface area contributed by atoms with Gasteiger partial charge in [-0.15, -0.1) is 0 Å². The molecule has 0 aliphatic heterocycles. The molecule has 0 fully saturated rings. The molecule has 0 spiro atoms. The maximum absolute atomic E-state index is 12.2. The number of pyridine rings is 1. The largest absolute Gasteiger partial charge is 0.469 e. The maximum atomic E-state index is 12.2. The average molecular weight is 419 g/mol. The van der Waals surface area contributed by atoms with Gasteiger partial charge < -0.3 is 10.1 Å².